The summed E-state index contributed by atoms with van der Waals surface area (Å²) in [6, 6.07) is 11.8. The predicted octanol–water partition coefficient (Wildman–Crippen LogP) is 8.37. The summed E-state index contributed by atoms with van der Waals surface area (Å²) < 4.78 is 11.6. The number of rotatable bonds is 14. The Bertz CT molecular complexity index is 1100. The maximum absolute atomic E-state index is 12.5. The van der Waals surface area contributed by atoms with Gasteiger partial charge in [-0.3, -0.25) is 9.59 Å². The molecule has 0 radical (unpaired) electrons. The maximum atomic E-state index is 12.5. The zero-order valence-corrected chi connectivity index (χ0v) is 27.3. The van der Waals surface area contributed by atoms with Gasteiger partial charge in [-0.25, -0.2) is 0 Å². The zero-order chi connectivity index (χ0) is 30.6. The standard InChI is InChI=1S/C35H48Cl2N2O4/c1-24-21-28(36)11-17-32(24)42-19-3-5-34(40)38-30-13-7-26(8-14-30)23-27-9-15-31(16-10-27)39-35(41)6-4-20-43-33-18-12-29(37)22-25(33)2/h11-12,17-18,21-22,26-27,30-31H,3-10,13-16,19-20,23H2,1-2H3,(H,38,40)(H,39,41). The quantitative estimate of drug-likeness (QED) is 0.206. The fraction of sp³-hybridized carbons (Fsp3) is 0.600. The second-order valence-electron chi connectivity index (χ2n) is 12.5. The molecule has 2 saturated carbocycles. The molecule has 2 amide bonds. The molecule has 2 fully saturated rings. The minimum Gasteiger partial charge on any atom is -0.493 e. The van der Waals surface area contributed by atoms with Crippen molar-refractivity contribution in [3.05, 3.63) is 57.6 Å². The topological polar surface area (TPSA) is 76.7 Å². The van der Waals surface area contributed by atoms with E-state index in [1.165, 1.54) is 32.1 Å². The van der Waals surface area contributed by atoms with Crippen molar-refractivity contribution in [3.63, 3.8) is 0 Å². The molecule has 43 heavy (non-hydrogen) atoms. The highest BCUT2D eigenvalue weighted by molar-refractivity contribution is 6.31. The number of nitrogens with one attached hydrogen (secondary N) is 2. The summed E-state index contributed by atoms with van der Waals surface area (Å²) in [5, 5.41) is 7.90. The van der Waals surface area contributed by atoms with E-state index in [1.54, 1.807) is 0 Å². The average molecular weight is 632 g/mol. The van der Waals surface area contributed by atoms with Crippen molar-refractivity contribution in [2.24, 2.45) is 11.8 Å². The molecule has 4 rings (SSSR count). The van der Waals surface area contributed by atoms with Crippen molar-refractivity contribution < 1.29 is 19.1 Å². The van der Waals surface area contributed by atoms with Crippen LogP contribution >= 0.6 is 23.2 Å². The number of hydrogen-bond donors (Lipinski definition) is 2. The van der Waals surface area contributed by atoms with Crippen molar-refractivity contribution in [2.45, 2.75) is 109 Å². The Hall–Kier alpha value is -2.44. The van der Waals surface area contributed by atoms with E-state index in [4.69, 9.17) is 32.7 Å². The Balaban J connectivity index is 1.01. The number of benzene rings is 2. The summed E-state index contributed by atoms with van der Waals surface area (Å²) in [5.41, 5.74) is 2.01. The summed E-state index contributed by atoms with van der Waals surface area (Å²) in [6.45, 7) is 4.99. The maximum Gasteiger partial charge on any atom is 0.220 e. The van der Waals surface area contributed by atoms with Crippen LogP contribution in [-0.2, 0) is 9.59 Å². The normalized spacial score (nSPS) is 22.0. The van der Waals surface area contributed by atoms with Gasteiger partial charge < -0.3 is 20.1 Å². The summed E-state index contributed by atoms with van der Waals surface area (Å²) in [7, 11) is 0. The highest BCUT2D eigenvalue weighted by Crippen LogP contribution is 2.35. The van der Waals surface area contributed by atoms with E-state index in [9.17, 15) is 9.59 Å². The molecular weight excluding hydrogens is 583 g/mol. The van der Waals surface area contributed by atoms with Crippen LogP contribution < -0.4 is 20.1 Å². The molecule has 0 saturated heterocycles. The van der Waals surface area contributed by atoms with Gasteiger partial charge in [0.2, 0.25) is 11.8 Å². The summed E-state index contributed by atoms with van der Waals surface area (Å²) >= 11 is 12.0. The van der Waals surface area contributed by atoms with Gasteiger partial charge in [0.1, 0.15) is 11.5 Å². The first-order chi connectivity index (χ1) is 20.7. The van der Waals surface area contributed by atoms with E-state index < -0.39 is 0 Å². The first kappa shape index (κ1) is 33.5. The van der Waals surface area contributed by atoms with Crippen LogP contribution in [0.25, 0.3) is 0 Å². The lowest BCUT2D eigenvalue weighted by Crippen LogP contribution is -2.39. The number of carbonyl (C=O) groups excluding carboxylic acids is 2. The first-order valence-corrected chi connectivity index (χ1v) is 16.9. The van der Waals surface area contributed by atoms with Gasteiger partial charge in [-0.1, -0.05) is 23.2 Å². The SMILES string of the molecule is Cc1cc(Cl)ccc1OCCCC(=O)NC1CCC(CC2CCC(NC(=O)CCCOc3ccc(Cl)cc3C)CC2)CC1. The first-order valence-electron chi connectivity index (χ1n) is 16.1. The molecule has 0 heterocycles. The molecule has 2 aromatic rings. The van der Waals surface area contributed by atoms with Gasteiger partial charge >= 0.3 is 0 Å². The van der Waals surface area contributed by atoms with Gasteiger partial charge in [-0.15, -0.1) is 0 Å². The lowest BCUT2D eigenvalue weighted by Gasteiger charge is -2.34. The van der Waals surface area contributed by atoms with E-state index in [1.807, 2.05) is 50.2 Å². The molecule has 0 bridgehead atoms. The fourth-order valence-electron chi connectivity index (χ4n) is 6.54. The van der Waals surface area contributed by atoms with Crippen LogP contribution in [0.1, 0.15) is 94.6 Å². The van der Waals surface area contributed by atoms with Crippen LogP contribution in [0.4, 0.5) is 0 Å². The largest absolute Gasteiger partial charge is 0.493 e. The van der Waals surface area contributed by atoms with Crippen molar-refractivity contribution in [2.75, 3.05) is 13.2 Å². The minimum atomic E-state index is 0.129. The van der Waals surface area contributed by atoms with Crippen LogP contribution in [0, 0.1) is 25.7 Å². The van der Waals surface area contributed by atoms with Gasteiger partial charge in [-0.2, -0.15) is 0 Å². The molecule has 236 valence electrons. The number of halogens is 2. The summed E-state index contributed by atoms with van der Waals surface area (Å²) in [5.74, 6) is 3.41. The van der Waals surface area contributed by atoms with Crippen molar-refractivity contribution in [1.29, 1.82) is 0 Å². The van der Waals surface area contributed by atoms with E-state index >= 15 is 0 Å². The molecule has 6 nitrogen and oxygen atoms in total. The molecule has 2 aliphatic carbocycles. The number of hydrogen-bond acceptors (Lipinski definition) is 4. The Morgan fingerprint density at radius 3 is 1.44 bits per heavy atom. The fourth-order valence-corrected chi connectivity index (χ4v) is 6.99. The minimum absolute atomic E-state index is 0.129. The van der Waals surface area contributed by atoms with Crippen molar-refractivity contribution >= 4 is 35.0 Å². The smallest absolute Gasteiger partial charge is 0.220 e. The van der Waals surface area contributed by atoms with Crippen molar-refractivity contribution in [1.82, 2.24) is 10.6 Å². The molecule has 0 atom stereocenters. The highest BCUT2D eigenvalue weighted by Gasteiger charge is 2.28. The van der Waals surface area contributed by atoms with E-state index in [0.717, 1.165) is 60.1 Å². The Morgan fingerprint density at radius 1 is 0.674 bits per heavy atom. The number of ether oxygens (including phenoxy) is 2. The highest BCUT2D eigenvalue weighted by atomic mass is 35.5. The van der Waals surface area contributed by atoms with Crippen LogP contribution in [-0.4, -0.2) is 37.1 Å². The monoisotopic (exact) mass is 630 g/mol. The van der Waals surface area contributed by atoms with Crippen molar-refractivity contribution in [3.8, 4) is 11.5 Å². The molecule has 2 aliphatic rings. The van der Waals surface area contributed by atoms with Gasteiger partial charge in [0, 0.05) is 35.0 Å². The molecule has 2 N–H and O–H groups in total. The van der Waals surface area contributed by atoms with Gasteiger partial charge in [0.25, 0.3) is 0 Å². The second kappa shape index (κ2) is 17.2. The van der Waals surface area contributed by atoms with Crippen LogP contribution in [0.3, 0.4) is 0 Å². The Labute approximate surface area is 267 Å². The van der Waals surface area contributed by atoms with Crippen LogP contribution in [0.5, 0.6) is 11.5 Å². The Morgan fingerprint density at radius 2 is 1.07 bits per heavy atom. The zero-order valence-electron chi connectivity index (χ0n) is 25.8. The number of aryl methyl sites for hydroxylation is 2. The van der Waals surface area contributed by atoms with Crippen LogP contribution in [0.2, 0.25) is 10.0 Å². The molecular formula is C35H48Cl2N2O4. The molecule has 0 unspecified atom stereocenters. The number of amides is 2. The van der Waals surface area contributed by atoms with E-state index in [0.29, 0.717) is 61.0 Å². The lowest BCUT2D eigenvalue weighted by atomic mass is 9.75. The average Bonchev–Trinajstić information content (AvgIpc) is 2.97. The summed E-state index contributed by atoms with van der Waals surface area (Å²) in [6.07, 6.45) is 12.7. The van der Waals surface area contributed by atoms with Gasteiger partial charge in [0.15, 0.2) is 0 Å². The molecule has 8 heteroatoms. The molecule has 0 aliphatic heterocycles. The third kappa shape index (κ3) is 11.5. The second-order valence-corrected chi connectivity index (χ2v) is 13.4. The van der Waals surface area contributed by atoms with E-state index in [2.05, 4.69) is 10.6 Å². The Kier molecular flexibility index (Phi) is 13.3. The molecule has 2 aromatic carbocycles. The molecule has 0 aromatic heterocycles. The van der Waals surface area contributed by atoms with Gasteiger partial charge in [-0.05, 0) is 144 Å². The lowest BCUT2D eigenvalue weighted by molar-refractivity contribution is -0.123. The molecule has 0 spiro atoms. The van der Waals surface area contributed by atoms with Gasteiger partial charge in [0.05, 0.1) is 13.2 Å². The summed E-state index contributed by atoms with van der Waals surface area (Å²) in [4.78, 5) is 24.9. The predicted molar refractivity (Wildman–Crippen MR) is 174 cm³/mol. The third-order valence-corrected chi connectivity index (χ3v) is 9.45. The van der Waals surface area contributed by atoms with E-state index in [-0.39, 0.29) is 11.8 Å². The van der Waals surface area contributed by atoms with Crippen LogP contribution in [0.15, 0.2) is 36.4 Å². The number of carbonyl (C=O) groups is 2. The third-order valence-electron chi connectivity index (χ3n) is 8.98.